The lowest BCUT2D eigenvalue weighted by Gasteiger charge is -2.06. The number of rotatable bonds is 6. The van der Waals surface area contributed by atoms with Crippen molar-refractivity contribution < 1.29 is 14.1 Å². The Labute approximate surface area is 155 Å². The molecule has 0 fully saturated rings. The van der Waals surface area contributed by atoms with Crippen LogP contribution in [0, 0.1) is 24.0 Å². The molecule has 8 nitrogen and oxygen atoms in total. The first kappa shape index (κ1) is 18.1. The van der Waals surface area contributed by atoms with E-state index >= 15 is 0 Å². The van der Waals surface area contributed by atoms with Gasteiger partial charge in [-0.2, -0.15) is 5.10 Å². The number of hydrogen-bond acceptors (Lipinski definition) is 5. The molecule has 0 radical (unpaired) electrons. The lowest BCUT2D eigenvalue weighted by atomic mass is 10.2. The number of anilines is 1. The predicted molar refractivity (Wildman–Crippen MR) is 100 cm³/mol. The SMILES string of the molecule is Cc1nn(Cc2ccccc2)c(C)c1NC(=O)/C=C/c1ccc([N+](=O)[O-])o1. The monoisotopic (exact) mass is 366 g/mol. The first-order valence-electron chi connectivity index (χ1n) is 8.25. The molecule has 0 spiro atoms. The quantitative estimate of drug-likeness (QED) is 0.407. The van der Waals surface area contributed by atoms with E-state index in [1.165, 1.54) is 24.3 Å². The molecular weight excluding hydrogens is 348 g/mol. The van der Waals surface area contributed by atoms with E-state index in [1.807, 2.05) is 48.9 Å². The minimum Gasteiger partial charge on any atom is -0.401 e. The van der Waals surface area contributed by atoms with Gasteiger partial charge in [0.05, 0.1) is 29.7 Å². The molecule has 3 rings (SSSR count). The second-order valence-electron chi connectivity index (χ2n) is 5.94. The third kappa shape index (κ3) is 4.30. The standard InChI is InChI=1S/C19H18N4O4/c1-13-19(14(2)22(21-13)12-15-6-4-3-5-7-15)20-17(24)10-8-16-9-11-18(27-16)23(25)26/h3-11H,12H2,1-2H3,(H,20,24)/b10-8+. The number of benzene rings is 1. The lowest BCUT2D eigenvalue weighted by Crippen LogP contribution is -2.10. The summed E-state index contributed by atoms with van der Waals surface area (Å²) in [6.07, 6.45) is 2.64. The minimum atomic E-state index is -0.634. The van der Waals surface area contributed by atoms with Crippen molar-refractivity contribution in [1.82, 2.24) is 9.78 Å². The zero-order valence-electron chi connectivity index (χ0n) is 14.9. The van der Waals surface area contributed by atoms with E-state index < -0.39 is 4.92 Å². The molecule has 0 saturated heterocycles. The van der Waals surface area contributed by atoms with Crippen LogP contribution in [0.25, 0.3) is 6.08 Å². The van der Waals surface area contributed by atoms with Gasteiger partial charge in [0.15, 0.2) is 0 Å². The Bertz CT molecular complexity index is 1000. The maximum Gasteiger partial charge on any atom is 0.433 e. The van der Waals surface area contributed by atoms with Crippen molar-refractivity contribution in [2.45, 2.75) is 20.4 Å². The first-order valence-corrected chi connectivity index (χ1v) is 8.25. The fourth-order valence-electron chi connectivity index (χ4n) is 2.64. The molecule has 1 N–H and O–H groups in total. The van der Waals surface area contributed by atoms with Gasteiger partial charge in [-0.05, 0) is 31.6 Å². The third-order valence-electron chi connectivity index (χ3n) is 4.00. The largest absolute Gasteiger partial charge is 0.433 e. The highest BCUT2D eigenvalue weighted by Gasteiger charge is 2.14. The Morgan fingerprint density at radius 1 is 1.26 bits per heavy atom. The number of hydrogen-bond donors (Lipinski definition) is 1. The smallest absolute Gasteiger partial charge is 0.401 e. The summed E-state index contributed by atoms with van der Waals surface area (Å²) in [5.41, 5.74) is 3.30. The van der Waals surface area contributed by atoms with Gasteiger partial charge in [0.2, 0.25) is 5.91 Å². The maximum atomic E-state index is 12.2. The number of carbonyl (C=O) groups excluding carboxylic acids is 1. The number of aryl methyl sites for hydroxylation is 1. The van der Waals surface area contributed by atoms with E-state index in [4.69, 9.17) is 4.42 Å². The summed E-state index contributed by atoms with van der Waals surface area (Å²) >= 11 is 0. The predicted octanol–water partition coefficient (Wildman–Crippen LogP) is 3.70. The van der Waals surface area contributed by atoms with Crippen LogP contribution in [0.5, 0.6) is 0 Å². The van der Waals surface area contributed by atoms with Gasteiger partial charge in [-0.25, -0.2) is 0 Å². The van der Waals surface area contributed by atoms with E-state index in [2.05, 4.69) is 10.4 Å². The van der Waals surface area contributed by atoms with E-state index in [1.54, 1.807) is 0 Å². The van der Waals surface area contributed by atoms with Gasteiger partial charge in [-0.15, -0.1) is 0 Å². The fourth-order valence-corrected chi connectivity index (χ4v) is 2.64. The average Bonchev–Trinajstić information content (AvgIpc) is 3.22. The van der Waals surface area contributed by atoms with Gasteiger partial charge in [-0.3, -0.25) is 19.6 Å². The van der Waals surface area contributed by atoms with Gasteiger partial charge in [-0.1, -0.05) is 30.3 Å². The molecule has 1 aromatic carbocycles. The van der Waals surface area contributed by atoms with Crippen molar-refractivity contribution in [3.63, 3.8) is 0 Å². The summed E-state index contributed by atoms with van der Waals surface area (Å²) in [5, 5.41) is 17.9. The average molecular weight is 366 g/mol. The molecule has 3 aromatic rings. The number of amides is 1. The Hall–Kier alpha value is -3.68. The van der Waals surface area contributed by atoms with Crippen LogP contribution in [0.3, 0.4) is 0 Å². The van der Waals surface area contributed by atoms with E-state index in [0.717, 1.165) is 11.3 Å². The van der Waals surface area contributed by atoms with Crippen LogP contribution in [-0.2, 0) is 11.3 Å². The molecule has 27 heavy (non-hydrogen) atoms. The highest BCUT2D eigenvalue weighted by atomic mass is 16.6. The Morgan fingerprint density at radius 2 is 2.00 bits per heavy atom. The van der Waals surface area contributed by atoms with Gasteiger partial charge in [0.25, 0.3) is 0 Å². The van der Waals surface area contributed by atoms with Crippen LogP contribution in [0.1, 0.15) is 22.7 Å². The highest BCUT2D eigenvalue weighted by molar-refractivity contribution is 6.02. The van der Waals surface area contributed by atoms with Crippen LogP contribution < -0.4 is 5.32 Å². The third-order valence-corrected chi connectivity index (χ3v) is 4.00. The molecule has 0 bridgehead atoms. The summed E-state index contributed by atoms with van der Waals surface area (Å²) in [6, 6.07) is 12.6. The first-order chi connectivity index (χ1) is 12.9. The number of carbonyl (C=O) groups is 1. The van der Waals surface area contributed by atoms with Gasteiger partial charge in [0, 0.05) is 6.08 Å². The summed E-state index contributed by atoms with van der Waals surface area (Å²) < 4.78 is 6.81. The normalized spacial score (nSPS) is 11.0. The van der Waals surface area contributed by atoms with E-state index in [-0.39, 0.29) is 17.6 Å². The van der Waals surface area contributed by atoms with E-state index in [9.17, 15) is 14.9 Å². The highest BCUT2D eigenvalue weighted by Crippen LogP contribution is 2.21. The van der Waals surface area contributed by atoms with Crippen LogP contribution in [-0.4, -0.2) is 20.6 Å². The molecule has 1 amide bonds. The molecule has 0 aliphatic carbocycles. The van der Waals surface area contributed by atoms with Crippen molar-refractivity contribution in [2.24, 2.45) is 0 Å². The topological polar surface area (TPSA) is 103 Å². The summed E-state index contributed by atoms with van der Waals surface area (Å²) in [5.74, 6) is -0.520. The van der Waals surface area contributed by atoms with Crippen molar-refractivity contribution in [1.29, 1.82) is 0 Å². The second kappa shape index (κ2) is 7.69. The number of nitrogens with zero attached hydrogens (tertiary/aromatic N) is 3. The molecule has 8 heteroatoms. The molecule has 2 heterocycles. The summed E-state index contributed by atoms with van der Waals surface area (Å²) in [6.45, 7) is 4.32. The molecule has 2 aromatic heterocycles. The zero-order chi connectivity index (χ0) is 19.4. The van der Waals surface area contributed by atoms with Crippen molar-refractivity contribution >= 4 is 23.6 Å². The molecular formula is C19H18N4O4. The number of furan rings is 1. The van der Waals surface area contributed by atoms with Crippen molar-refractivity contribution in [2.75, 3.05) is 5.32 Å². The number of aromatic nitrogens is 2. The number of nitro groups is 1. The van der Waals surface area contributed by atoms with Crippen molar-refractivity contribution in [3.8, 4) is 0 Å². The summed E-state index contributed by atoms with van der Waals surface area (Å²) in [4.78, 5) is 22.2. The van der Waals surface area contributed by atoms with Gasteiger partial charge < -0.3 is 9.73 Å². The van der Waals surface area contributed by atoms with E-state index in [0.29, 0.717) is 17.9 Å². The van der Waals surface area contributed by atoms with Crippen LogP contribution in [0.15, 0.2) is 53.0 Å². The molecule has 0 aliphatic heterocycles. The van der Waals surface area contributed by atoms with Crippen molar-refractivity contribution in [3.05, 3.63) is 81.4 Å². The number of nitrogens with one attached hydrogen (secondary N) is 1. The molecule has 0 unspecified atom stereocenters. The molecule has 0 aliphatic rings. The molecule has 138 valence electrons. The summed E-state index contributed by atoms with van der Waals surface area (Å²) in [7, 11) is 0. The Balaban J connectivity index is 1.70. The molecule has 0 atom stereocenters. The zero-order valence-corrected chi connectivity index (χ0v) is 14.9. The van der Waals surface area contributed by atoms with Crippen LogP contribution >= 0.6 is 0 Å². The second-order valence-corrected chi connectivity index (χ2v) is 5.94. The van der Waals surface area contributed by atoms with Gasteiger partial charge in [0.1, 0.15) is 10.7 Å². The minimum absolute atomic E-state index is 0.227. The Kier molecular flexibility index (Phi) is 5.16. The van der Waals surface area contributed by atoms with Gasteiger partial charge >= 0.3 is 5.88 Å². The Morgan fingerprint density at radius 3 is 2.67 bits per heavy atom. The molecule has 0 saturated carbocycles. The van der Waals surface area contributed by atoms with Crippen LogP contribution in [0.2, 0.25) is 0 Å². The maximum absolute atomic E-state index is 12.2. The lowest BCUT2D eigenvalue weighted by molar-refractivity contribution is -0.402. The van der Waals surface area contributed by atoms with Crippen LogP contribution in [0.4, 0.5) is 11.6 Å². The fraction of sp³-hybridized carbons (Fsp3) is 0.158.